The van der Waals surface area contributed by atoms with E-state index in [2.05, 4.69) is 16.4 Å². The molecule has 1 N–H and O–H groups in total. The first-order chi connectivity index (χ1) is 19.8. The Bertz CT molecular complexity index is 1770. The van der Waals surface area contributed by atoms with Gasteiger partial charge in [0, 0.05) is 31.0 Å². The highest BCUT2D eigenvalue weighted by Crippen LogP contribution is 2.27. The van der Waals surface area contributed by atoms with Crippen LogP contribution in [0.1, 0.15) is 71.3 Å². The highest BCUT2D eigenvalue weighted by molar-refractivity contribution is 5.77. The van der Waals surface area contributed by atoms with Crippen LogP contribution in [0.15, 0.2) is 47.4 Å². The lowest BCUT2D eigenvalue weighted by Crippen LogP contribution is -2.39. The van der Waals surface area contributed by atoms with Crippen LogP contribution in [0.2, 0.25) is 0 Å². The van der Waals surface area contributed by atoms with Crippen LogP contribution < -0.4 is 10.9 Å². The van der Waals surface area contributed by atoms with E-state index in [-0.39, 0.29) is 17.7 Å². The molecule has 5 rings (SSSR count). The van der Waals surface area contributed by atoms with Crippen LogP contribution in [0.4, 0.5) is 16.4 Å². The number of hydrogen-bond donors (Lipinski definition) is 1. The van der Waals surface area contributed by atoms with E-state index in [1.165, 1.54) is 6.20 Å². The standard InChI is InChI=1S/C31H36N8O3/c1-19(2)38-27(40)23-16-33-28(36-26(23)39(38)25-10-8-9-24(35-25)31(6,7)18-32)34-22-12-11-21-17-37(14-13-20(21)15-22)29(41)42-30(3,4)5/h8-12,15-16,19H,13-14,17H2,1-7H3,(H,33,34,36). The number of carbonyl (C=O) groups excluding carboxylic acids is 1. The fourth-order valence-electron chi connectivity index (χ4n) is 4.93. The van der Waals surface area contributed by atoms with E-state index in [1.807, 2.05) is 58.9 Å². The maximum atomic E-state index is 13.4. The smallest absolute Gasteiger partial charge is 0.410 e. The van der Waals surface area contributed by atoms with Gasteiger partial charge in [-0.05, 0) is 90.3 Å². The molecule has 0 spiro atoms. The van der Waals surface area contributed by atoms with Crippen LogP contribution in [-0.4, -0.2) is 47.5 Å². The van der Waals surface area contributed by atoms with E-state index in [4.69, 9.17) is 14.7 Å². The van der Waals surface area contributed by atoms with Crippen molar-refractivity contribution in [2.24, 2.45) is 0 Å². The predicted molar refractivity (Wildman–Crippen MR) is 160 cm³/mol. The van der Waals surface area contributed by atoms with E-state index in [9.17, 15) is 14.9 Å². The summed E-state index contributed by atoms with van der Waals surface area (Å²) < 4.78 is 8.84. The molecule has 4 heterocycles. The Hall–Kier alpha value is -4.72. The normalized spacial score (nSPS) is 13.6. The fourth-order valence-corrected chi connectivity index (χ4v) is 4.93. The van der Waals surface area contributed by atoms with Crippen LogP contribution in [-0.2, 0) is 23.1 Å². The molecule has 1 aliphatic rings. The largest absolute Gasteiger partial charge is 0.444 e. The lowest BCUT2D eigenvalue weighted by atomic mass is 9.91. The van der Waals surface area contributed by atoms with E-state index in [1.54, 1.807) is 40.2 Å². The van der Waals surface area contributed by atoms with Crippen molar-refractivity contribution in [1.29, 1.82) is 5.26 Å². The number of aromatic nitrogens is 5. The van der Waals surface area contributed by atoms with Gasteiger partial charge in [0.25, 0.3) is 5.56 Å². The van der Waals surface area contributed by atoms with Gasteiger partial charge in [-0.15, -0.1) is 0 Å². The molecule has 11 nitrogen and oxygen atoms in total. The molecule has 0 saturated carbocycles. The van der Waals surface area contributed by atoms with Gasteiger partial charge < -0.3 is 15.0 Å². The number of pyridine rings is 1. The van der Waals surface area contributed by atoms with E-state index in [0.717, 1.165) is 16.8 Å². The molecule has 0 saturated heterocycles. The van der Waals surface area contributed by atoms with Crippen LogP contribution in [0.3, 0.4) is 0 Å². The summed E-state index contributed by atoms with van der Waals surface area (Å²) in [6, 6.07) is 13.5. The third-order valence-electron chi connectivity index (χ3n) is 7.11. The first-order valence-electron chi connectivity index (χ1n) is 14.0. The molecule has 1 aromatic carbocycles. The summed E-state index contributed by atoms with van der Waals surface area (Å²) in [7, 11) is 0. The summed E-state index contributed by atoms with van der Waals surface area (Å²) >= 11 is 0. The molecule has 1 aliphatic heterocycles. The zero-order valence-corrected chi connectivity index (χ0v) is 25.1. The van der Waals surface area contributed by atoms with Gasteiger partial charge in [0.15, 0.2) is 11.5 Å². The quantitative estimate of drug-likeness (QED) is 0.339. The minimum Gasteiger partial charge on any atom is -0.444 e. The Morgan fingerprint density at radius 2 is 1.86 bits per heavy atom. The Labute approximate surface area is 244 Å². The summed E-state index contributed by atoms with van der Waals surface area (Å²) in [4.78, 5) is 41.6. The third-order valence-corrected chi connectivity index (χ3v) is 7.11. The van der Waals surface area contributed by atoms with E-state index in [0.29, 0.717) is 48.0 Å². The van der Waals surface area contributed by atoms with Crippen molar-refractivity contribution in [3.8, 4) is 11.9 Å². The predicted octanol–water partition coefficient (Wildman–Crippen LogP) is 5.40. The zero-order chi connectivity index (χ0) is 30.4. The van der Waals surface area contributed by atoms with Gasteiger partial charge in [0.05, 0.1) is 17.2 Å². The maximum absolute atomic E-state index is 13.4. The summed E-state index contributed by atoms with van der Waals surface area (Å²) in [5.74, 6) is 0.821. The molecule has 42 heavy (non-hydrogen) atoms. The summed E-state index contributed by atoms with van der Waals surface area (Å²) in [6.45, 7) is 14.1. The second-order valence-electron chi connectivity index (χ2n) is 12.4. The van der Waals surface area contributed by atoms with Crippen molar-refractivity contribution in [2.45, 2.75) is 78.5 Å². The van der Waals surface area contributed by atoms with Gasteiger partial charge in [0.1, 0.15) is 11.0 Å². The number of amides is 1. The number of anilines is 2. The van der Waals surface area contributed by atoms with Crippen LogP contribution >= 0.6 is 0 Å². The minimum absolute atomic E-state index is 0.182. The van der Waals surface area contributed by atoms with Crippen LogP contribution in [0, 0.1) is 11.3 Å². The van der Waals surface area contributed by atoms with Crippen molar-refractivity contribution >= 4 is 28.8 Å². The highest BCUT2D eigenvalue weighted by atomic mass is 16.6. The summed E-state index contributed by atoms with van der Waals surface area (Å²) in [6.07, 6.45) is 1.91. The molecule has 11 heteroatoms. The highest BCUT2D eigenvalue weighted by Gasteiger charge is 2.27. The molecule has 0 bridgehead atoms. The molecule has 1 amide bonds. The number of rotatable bonds is 5. The van der Waals surface area contributed by atoms with Crippen molar-refractivity contribution in [3.05, 3.63) is 69.8 Å². The van der Waals surface area contributed by atoms with Crippen molar-refractivity contribution < 1.29 is 9.53 Å². The Morgan fingerprint density at radius 1 is 1.10 bits per heavy atom. The molecule has 0 fully saturated rings. The fraction of sp³-hybridized carbons (Fsp3) is 0.419. The lowest BCUT2D eigenvalue weighted by Gasteiger charge is -2.31. The lowest BCUT2D eigenvalue weighted by molar-refractivity contribution is 0.0224. The van der Waals surface area contributed by atoms with Crippen molar-refractivity contribution in [2.75, 3.05) is 11.9 Å². The third kappa shape index (κ3) is 5.57. The Morgan fingerprint density at radius 3 is 2.55 bits per heavy atom. The molecule has 0 atom stereocenters. The number of fused-ring (bicyclic) bond motifs is 2. The number of benzene rings is 1. The average Bonchev–Trinajstić information content (AvgIpc) is 3.23. The second kappa shape index (κ2) is 10.6. The number of ether oxygens (including phenoxy) is 1. The van der Waals surface area contributed by atoms with Crippen LogP contribution in [0.25, 0.3) is 16.9 Å². The zero-order valence-electron chi connectivity index (χ0n) is 25.1. The first-order valence-corrected chi connectivity index (χ1v) is 14.0. The topological polar surface area (TPSA) is 131 Å². The van der Waals surface area contributed by atoms with Gasteiger partial charge in [-0.25, -0.2) is 24.1 Å². The molecule has 218 valence electrons. The Balaban J connectivity index is 1.48. The summed E-state index contributed by atoms with van der Waals surface area (Å²) in [5.41, 5.74) is 2.43. The van der Waals surface area contributed by atoms with Gasteiger partial charge in [-0.1, -0.05) is 12.1 Å². The molecule has 4 aromatic rings. The number of nitrogens with one attached hydrogen (secondary N) is 1. The van der Waals surface area contributed by atoms with E-state index < -0.39 is 11.0 Å². The molecular formula is C31H36N8O3. The number of nitriles is 1. The molecule has 0 radical (unpaired) electrons. The van der Waals surface area contributed by atoms with Crippen LogP contribution in [0.5, 0.6) is 0 Å². The maximum Gasteiger partial charge on any atom is 0.410 e. The first kappa shape index (κ1) is 28.8. The second-order valence-corrected chi connectivity index (χ2v) is 12.4. The Kier molecular flexibility index (Phi) is 7.27. The van der Waals surface area contributed by atoms with Gasteiger partial charge in [-0.2, -0.15) is 10.2 Å². The number of nitrogens with zero attached hydrogens (tertiary/aromatic N) is 7. The van der Waals surface area contributed by atoms with Crippen molar-refractivity contribution in [3.63, 3.8) is 0 Å². The average molecular weight is 569 g/mol. The minimum atomic E-state index is -0.806. The van der Waals surface area contributed by atoms with Gasteiger partial charge in [-0.3, -0.25) is 4.79 Å². The van der Waals surface area contributed by atoms with Gasteiger partial charge in [0.2, 0.25) is 5.95 Å². The monoisotopic (exact) mass is 568 g/mol. The van der Waals surface area contributed by atoms with Crippen molar-refractivity contribution in [1.82, 2.24) is 29.2 Å². The van der Waals surface area contributed by atoms with E-state index >= 15 is 0 Å². The molecule has 0 aliphatic carbocycles. The summed E-state index contributed by atoms with van der Waals surface area (Å²) in [5, 5.41) is 13.3. The SMILES string of the molecule is CC(C)n1c(=O)c2cnc(Nc3ccc4c(c3)CCN(C(=O)OC(C)(C)C)C4)nc2n1-c1cccc(C(C)(C)C#N)n1. The molecular weight excluding hydrogens is 532 g/mol. The number of hydrogen-bond acceptors (Lipinski definition) is 8. The van der Waals surface area contributed by atoms with Gasteiger partial charge >= 0.3 is 6.09 Å². The molecule has 3 aromatic heterocycles. The molecule has 0 unspecified atom stereocenters. The number of carbonyl (C=O) groups is 1.